The van der Waals surface area contributed by atoms with Gasteiger partial charge >= 0.3 is 0 Å². The molecule has 0 unspecified atom stereocenters. The van der Waals surface area contributed by atoms with E-state index in [0.717, 1.165) is 55.8 Å². The molecule has 1 N–H and O–H groups in total. The number of piperazine rings is 1. The van der Waals surface area contributed by atoms with Gasteiger partial charge in [-0.05, 0) is 44.2 Å². The number of nitrogens with zero attached hydrogens (tertiary/aromatic N) is 5. The van der Waals surface area contributed by atoms with Gasteiger partial charge in [0.1, 0.15) is 11.4 Å². The van der Waals surface area contributed by atoms with Gasteiger partial charge in [-0.1, -0.05) is 29.8 Å². The van der Waals surface area contributed by atoms with Crippen LogP contribution in [0.25, 0.3) is 22.2 Å². The fraction of sp³-hybridized carbons (Fsp3) is 0.367. The molecule has 9 nitrogen and oxygen atoms in total. The summed E-state index contributed by atoms with van der Waals surface area (Å²) in [5.74, 6) is 1.08. The average Bonchev–Trinajstić information content (AvgIpc) is 3.49. The summed E-state index contributed by atoms with van der Waals surface area (Å²) >= 11 is 6.48. The zero-order chi connectivity index (χ0) is 27.6. The van der Waals surface area contributed by atoms with Crippen molar-refractivity contribution in [1.29, 1.82) is 0 Å². The van der Waals surface area contributed by atoms with Crippen LogP contribution in [0.3, 0.4) is 0 Å². The molecule has 0 amide bonds. The number of anilines is 3. The minimum absolute atomic E-state index is 0.0454. The van der Waals surface area contributed by atoms with Gasteiger partial charge in [-0.15, -0.1) is 0 Å². The Kier molecular flexibility index (Phi) is 7.60. The first kappa shape index (κ1) is 26.6. The molecule has 1 atom stereocenters. The molecular weight excluding hydrogens is 528 g/mol. The Morgan fingerprint density at radius 2 is 1.93 bits per heavy atom. The zero-order valence-corrected chi connectivity index (χ0v) is 23.5. The summed E-state index contributed by atoms with van der Waals surface area (Å²) in [6.07, 6.45) is 3.57. The lowest BCUT2D eigenvalue weighted by atomic mass is 10.1. The molecule has 4 heterocycles. The molecule has 2 saturated heterocycles. The molecule has 2 aliphatic rings. The van der Waals surface area contributed by atoms with Gasteiger partial charge in [0.2, 0.25) is 5.95 Å². The normalized spacial score (nSPS) is 17.9. The molecule has 0 radical (unpaired) electrons. The Labute approximate surface area is 238 Å². The van der Waals surface area contributed by atoms with Crippen LogP contribution < -0.4 is 20.5 Å². The number of nitrogens with one attached hydrogen (secondary N) is 1. The van der Waals surface area contributed by atoms with Crippen LogP contribution in [-0.4, -0.2) is 72.5 Å². The molecule has 2 aromatic carbocycles. The molecule has 10 heteroatoms. The fourth-order valence-corrected chi connectivity index (χ4v) is 5.66. The third-order valence-electron chi connectivity index (χ3n) is 7.70. The van der Waals surface area contributed by atoms with E-state index in [1.807, 2.05) is 36.4 Å². The molecule has 0 saturated carbocycles. The van der Waals surface area contributed by atoms with Crippen molar-refractivity contribution < 1.29 is 9.47 Å². The molecule has 208 valence electrons. The van der Waals surface area contributed by atoms with Gasteiger partial charge in [0.15, 0.2) is 0 Å². The smallest absolute Gasteiger partial charge is 0.260 e. The van der Waals surface area contributed by atoms with Crippen molar-refractivity contribution in [1.82, 2.24) is 19.4 Å². The van der Waals surface area contributed by atoms with Crippen LogP contribution in [-0.2, 0) is 11.3 Å². The van der Waals surface area contributed by atoms with Crippen molar-refractivity contribution in [3.8, 4) is 16.9 Å². The molecule has 0 spiro atoms. The first-order valence-corrected chi connectivity index (χ1v) is 14.0. The predicted molar refractivity (Wildman–Crippen MR) is 159 cm³/mol. The van der Waals surface area contributed by atoms with Crippen LogP contribution in [0.15, 0.2) is 59.5 Å². The molecule has 4 aromatic rings. The van der Waals surface area contributed by atoms with E-state index in [0.29, 0.717) is 46.6 Å². The highest BCUT2D eigenvalue weighted by Crippen LogP contribution is 2.33. The minimum atomic E-state index is -0.158. The van der Waals surface area contributed by atoms with Crippen molar-refractivity contribution >= 4 is 40.0 Å². The SMILES string of the molecule is COc1cc(N2CCN(C)CC2)ccc1Nc1ncc2cc(-c3ccccc3Cl)c(=O)n(C[C@H]3CCCO3)c2n1. The number of pyridine rings is 1. The monoisotopic (exact) mass is 560 g/mol. The highest BCUT2D eigenvalue weighted by atomic mass is 35.5. The van der Waals surface area contributed by atoms with Gasteiger partial charge in [-0.3, -0.25) is 9.36 Å². The van der Waals surface area contributed by atoms with Crippen LogP contribution in [0.2, 0.25) is 5.02 Å². The van der Waals surface area contributed by atoms with E-state index in [9.17, 15) is 4.79 Å². The largest absolute Gasteiger partial charge is 0.494 e. The molecular formula is C30H33ClN6O3. The molecule has 0 bridgehead atoms. The van der Waals surface area contributed by atoms with Gasteiger partial charge in [0.05, 0.1) is 25.4 Å². The van der Waals surface area contributed by atoms with Crippen LogP contribution in [0.5, 0.6) is 5.75 Å². The summed E-state index contributed by atoms with van der Waals surface area (Å²) in [5, 5.41) is 4.57. The summed E-state index contributed by atoms with van der Waals surface area (Å²) in [6, 6.07) is 15.3. The van der Waals surface area contributed by atoms with Crippen molar-refractivity contribution in [2.75, 3.05) is 57.2 Å². The number of likely N-dealkylation sites (N-methyl/N-ethyl adjacent to an activating group) is 1. The minimum Gasteiger partial charge on any atom is -0.494 e. The van der Waals surface area contributed by atoms with Gasteiger partial charge in [0.25, 0.3) is 5.56 Å². The molecule has 2 fully saturated rings. The number of hydrogen-bond donors (Lipinski definition) is 1. The van der Waals surface area contributed by atoms with Crippen LogP contribution in [0.1, 0.15) is 12.8 Å². The number of benzene rings is 2. The van der Waals surface area contributed by atoms with Crippen molar-refractivity contribution in [3.05, 3.63) is 70.1 Å². The van der Waals surface area contributed by atoms with Gasteiger partial charge in [0, 0.05) is 72.3 Å². The van der Waals surface area contributed by atoms with Crippen LogP contribution in [0.4, 0.5) is 17.3 Å². The summed E-state index contributed by atoms with van der Waals surface area (Å²) in [7, 11) is 3.80. The van der Waals surface area contributed by atoms with E-state index in [4.69, 9.17) is 26.1 Å². The predicted octanol–water partition coefficient (Wildman–Crippen LogP) is 4.79. The van der Waals surface area contributed by atoms with Crippen molar-refractivity contribution in [2.45, 2.75) is 25.5 Å². The lowest BCUT2D eigenvalue weighted by Crippen LogP contribution is -2.44. The topological polar surface area (TPSA) is 84.8 Å². The summed E-state index contributed by atoms with van der Waals surface area (Å²) in [4.78, 5) is 27.9. The van der Waals surface area contributed by atoms with Gasteiger partial charge in [-0.2, -0.15) is 4.98 Å². The summed E-state index contributed by atoms with van der Waals surface area (Å²) in [5.41, 5.74) is 3.45. The second kappa shape index (κ2) is 11.4. The molecule has 6 rings (SSSR count). The quantitative estimate of drug-likeness (QED) is 0.345. The fourth-order valence-electron chi connectivity index (χ4n) is 5.42. The standard InChI is InChI=1S/C30H33ClN6O3/c1-35-11-13-36(14-12-35)21-9-10-26(27(17-21)39-2)33-30-32-18-20-16-24(23-7-3-4-8-25(23)31)29(38)37(28(20)34-30)19-22-6-5-15-40-22/h3-4,7-10,16-18,22H,5-6,11-15,19H2,1-2H3,(H,32,33,34)/t22-/m1/s1. The maximum Gasteiger partial charge on any atom is 0.260 e. The molecule has 0 aliphatic carbocycles. The van der Waals surface area contributed by atoms with Crippen LogP contribution in [0, 0.1) is 0 Å². The second-order valence-electron chi connectivity index (χ2n) is 10.4. The highest BCUT2D eigenvalue weighted by molar-refractivity contribution is 6.33. The number of ether oxygens (including phenoxy) is 2. The van der Waals surface area contributed by atoms with Gasteiger partial charge < -0.3 is 24.6 Å². The van der Waals surface area contributed by atoms with E-state index in [-0.39, 0.29) is 11.7 Å². The molecule has 40 heavy (non-hydrogen) atoms. The first-order valence-electron chi connectivity index (χ1n) is 13.7. The number of halogens is 1. The lowest BCUT2D eigenvalue weighted by Gasteiger charge is -2.34. The van der Waals surface area contributed by atoms with E-state index >= 15 is 0 Å². The van der Waals surface area contributed by atoms with E-state index in [1.165, 1.54) is 0 Å². The number of fused-ring (bicyclic) bond motifs is 1. The van der Waals surface area contributed by atoms with E-state index < -0.39 is 0 Å². The maximum atomic E-state index is 13.8. The highest BCUT2D eigenvalue weighted by Gasteiger charge is 2.22. The zero-order valence-electron chi connectivity index (χ0n) is 22.8. The lowest BCUT2D eigenvalue weighted by molar-refractivity contribution is 0.0971. The first-order chi connectivity index (χ1) is 19.5. The Hall–Kier alpha value is -3.66. The number of rotatable bonds is 7. The average molecular weight is 561 g/mol. The van der Waals surface area contributed by atoms with Crippen molar-refractivity contribution in [2.24, 2.45) is 0 Å². The number of aromatic nitrogens is 3. The van der Waals surface area contributed by atoms with Gasteiger partial charge in [-0.25, -0.2) is 4.98 Å². The molecule has 2 aromatic heterocycles. The Bertz CT molecular complexity index is 1580. The third kappa shape index (κ3) is 5.37. The van der Waals surface area contributed by atoms with Crippen molar-refractivity contribution in [3.63, 3.8) is 0 Å². The Morgan fingerprint density at radius 1 is 1.10 bits per heavy atom. The second-order valence-corrected chi connectivity index (χ2v) is 10.8. The Balaban J connectivity index is 1.37. The van der Waals surface area contributed by atoms with Crippen LogP contribution >= 0.6 is 11.6 Å². The third-order valence-corrected chi connectivity index (χ3v) is 8.03. The maximum absolute atomic E-state index is 13.8. The molecule has 2 aliphatic heterocycles. The summed E-state index contributed by atoms with van der Waals surface area (Å²) in [6.45, 7) is 5.11. The number of methoxy groups -OCH3 is 1. The summed E-state index contributed by atoms with van der Waals surface area (Å²) < 4.78 is 13.3. The van der Waals surface area contributed by atoms with E-state index in [1.54, 1.807) is 23.9 Å². The van der Waals surface area contributed by atoms with E-state index in [2.05, 4.69) is 33.2 Å². The Morgan fingerprint density at radius 3 is 2.67 bits per heavy atom. The number of hydrogen-bond acceptors (Lipinski definition) is 8.